The van der Waals surface area contributed by atoms with Crippen LogP contribution in [0.1, 0.15) is 194 Å². The Bertz CT molecular complexity index is 693. The van der Waals surface area contributed by atoms with Crippen molar-refractivity contribution in [1.29, 1.82) is 0 Å². The lowest BCUT2D eigenvalue weighted by Gasteiger charge is -2.14. The van der Waals surface area contributed by atoms with Gasteiger partial charge in [-0.3, -0.25) is 9.59 Å². The zero-order valence-corrected chi connectivity index (χ0v) is 30.8. The number of hydrogen-bond acceptors (Lipinski definition) is 6. The highest BCUT2D eigenvalue weighted by Crippen LogP contribution is 2.16. The van der Waals surface area contributed by atoms with Crippen LogP contribution >= 0.6 is 0 Å². The van der Waals surface area contributed by atoms with Crippen molar-refractivity contribution in [2.75, 3.05) is 26.0 Å². The highest BCUT2D eigenvalue weighted by molar-refractivity contribution is 7.84. The van der Waals surface area contributed by atoms with Crippen molar-refractivity contribution >= 4 is 21.7 Å². The van der Waals surface area contributed by atoms with Gasteiger partial charge in [0.05, 0.1) is 29.8 Å². The Morgan fingerprint density at radius 3 is 1.04 bits per heavy atom. The Labute approximate surface area is 279 Å². The molecule has 270 valence electrons. The molecule has 0 radical (unpaired) electrons. The third-order valence-corrected chi connectivity index (χ3v) is 8.57. The molecule has 7 nitrogen and oxygen atoms in total. The van der Waals surface area contributed by atoms with Crippen LogP contribution in [0.4, 0.5) is 0 Å². The summed E-state index contributed by atoms with van der Waals surface area (Å²) in [7, 11) is -3.92. The predicted octanol–water partition coefficient (Wildman–Crippen LogP) is 8.42. The van der Waals surface area contributed by atoms with Crippen molar-refractivity contribution < 1.29 is 33.0 Å². The summed E-state index contributed by atoms with van der Waals surface area (Å²) >= 11 is 0. The van der Waals surface area contributed by atoms with Crippen LogP contribution in [0.15, 0.2) is 0 Å². The van der Waals surface area contributed by atoms with Crippen molar-refractivity contribution in [1.82, 2.24) is 0 Å². The summed E-state index contributed by atoms with van der Waals surface area (Å²) in [4.78, 5) is 25.8. The first-order chi connectivity index (χ1) is 21.7. The van der Waals surface area contributed by atoms with Crippen LogP contribution in [-0.4, -0.2) is 55.6 Å². The van der Waals surface area contributed by atoms with Gasteiger partial charge < -0.3 is 15.0 Å². The number of aliphatic hydroxyl groups excluding tert-OH is 1. The van der Waals surface area contributed by atoms with Crippen molar-refractivity contribution in [3.8, 4) is 0 Å². The lowest BCUT2D eigenvalue weighted by molar-refractivity contribution is -0.658. The number of unbranched alkanes of at least 4 members (excludes halogenated alkanes) is 24. The van der Waals surface area contributed by atoms with E-state index in [0.29, 0.717) is 32.2 Å². The molecule has 0 spiro atoms. The second kappa shape index (κ2) is 36.0. The van der Waals surface area contributed by atoms with E-state index in [1.165, 1.54) is 141 Å². The number of hydrogen-bond donors (Lipinski definition) is 2. The van der Waals surface area contributed by atoms with Gasteiger partial charge >= 0.3 is 0 Å². The third-order valence-electron chi connectivity index (χ3n) is 8.57. The van der Waals surface area contributed by atoms with Gasteiger partial charge in [-0.1, -0.05) is 168 Å². The summed E-state index contributed by atoms with van der Waals surface area (Å²) in [6.45, 7) is 5.71. The molecule has 0 bridgehead atoms. The van der Waals surface area contributed by atoms with Crippen LogP contribution < -0.4 is 5.32 Å². The molecule has 0 amide bonds. The van der Waals surface area contributed by atoms with Gasteiger partial charge in [-0.2, -0.15) is 0 Å². The maximum atomic E-state index is 12.9. The van der Waals surface area contributed by atoms with Gasteiger partial charge in [0.1, 0.15) is 17.5 Å². The SMILES string of the molecule is CCCCCCCCCCCCCCCC(=O)C(C[NH2+]CCO)C(=O)CCCCCCCCCCCCCCC.CS(=O)(=O)[O-]. The number of carbonyl (C=O) groups excluding carboxylic acids is 2. The van der Waals surface area contributed by atoms with Crippen LogP contribution in [0.3, 0.4) is 0 Å². The third kappa shape index (κ3) is 41.1. The van der Waals surface area contributed by atoms with Gasteiger partial charge in [0.2, 0.25) is 0 Å². The number of ketones is 2. The van der Waals surface area contributed by atoms with Crippen LogP contribution in [0.2, 0.25) is 0 Å². The Morgan fingerprint density at radius 1 is 0.556 bits per heavy atom. The monoisotopic (exact) mass is 662 g/mol. The van der Waals surface area contributed by atoms with Crippen molar-refractivity contribution in [2.45, 2.75) is 194 Å². The van der Waals surface area contributed by atoms with Crippen molar-refractivity contribution in [2.24, 2.45) is 5.92 Å². The van der Waals surface area contributed by atoms with E-state index in [9.17, 15) is 9.59 Å². The molecule has 0 fully saturated rings. The molecule has 0 aliphatic rings. The Morgan fingerprint density at radius 2 is 0.800 bits per heavy atom. The molecule has 0 saturated heterocycles. The number of nitrogens with two attached hydrogens (primary N) is 1. The topological polar surface area (TPSA) is 128 Å². The minimum Gasteiger partial charge on any atom is -0.748 e. The molecule has 0 aromatic rings. The zero-order valence-electron chi connectivity index (χ0n) is 30.0. The number of rotatable bonds is 34. The molecule has 0 unspecified atom stereocenters. The molecule has 3 N–H and O–H groups in total. The van der Waals surface area contributed by atoms with E-state index in [0.717, 1.165) is 25.7 Å². The smallest absolute Gasteiger partial charge is 0.149 e. The number of carbonyl (C=O) groups is 2. The van der Waals surface area contributed by atoms with Gasteiger partial charge in [-0.05, 0) is 12.8 Å². The van der Waals surface area contributed by atoms with E-state index in [1.807, 2.05) is 5.32 Å². The molecule has 0 aromatic heterocycles. The zero-order chi connectivity index (χ0) is 33.9. The van der Waals surface area contributed by atoms with Crippen molar-refractivity contribution in [3.63, 3.8) is 0 Å². The second-order valence-corrected chi connectivity index (χ2v) is 14.6. The van der Waals surface area contributed by atoms with E-state index < -0.39 is 16.0 Å². The minimum absolute atomic E-state index is 0.0901. The molecule has 0 aliphatic heterocycles. The molecule has 8 heteroatoms. The fourth-order valence-corrected chi connectivity index (χ4v) is 5.80. The summed E-state index contributed by atoms with van der Waals surface area (Å²) in [5.41, 5.74) is 0. The average molecular weight is 662 g/mol. The molecule has 0 heterocycles. The van der Waals surface area contributed by atoms with Gasteiger partial charge in [0.15, 0.2) is 0 Å². The first-order valence-electron chi connectivity index (χ1n) is 19.1. The van der Waals surface area contributed by atoms with Gasteiger partial charge in [0, 0.05) is 19.1 Å². The van der Waals surface area contributed by atoms with Crippen LogP contribution in [0, 0.1) is 5.92 Å². The molecule has 0 aromatic carbocycles. The normalized spacial score (nSPS) is 11.5. The Hall–Kier alpha value is -0.830. The quantitative estimate of drug-likeness (QED) is 0.0405. The number of Topliss-reactive ketones (excluding diaryl/α,β-unsaturated/α-hetero) is 2. The fraction of sp³-hybridized carbons (Fsp3) is 0.946. The Kier molecular flexibility index (Phi) is 37.0. The fourth-order valence-electron chi connectivity index (χ4n) is 5.80. The number of aliphatic hydroxyl groups is 1. The van der Waals surface area contributed by atoms with Gasteiger partial charge in [0.25, 0.3) is 0 Å². The molecule has 0 saturated carbocycles. The number of quaternary nitrogens is 1. The van der Waals surface area contributed by atoms with Gasteiger partial charge in [-0.25, -0.2) is 8.42 Å². The molecular formula is C37H75NO6S. The van der Waals surface area contributed by atoms with Crippen LogP contribution in [-0.2, 0) is 19.7 Å². The first kappa shape index (κ1) is 46.3. The molecule has 0 aliphatic carbocycles. The highest BCUT2D eigenvalue weighted by Gasteiger charge is 2.26. The molecule has 45 heavy (non-hydrogen) atoms. The lowest BCUT2D eigenvalue weighted by Crippen LogP contribution is -2.87. The highest BCUT2D eigenvalue weighted by atomic mass is 32.2. The standard InChI is InChI=1S/C36H71NO3.CH4O3S/c1-3-5-7-9-11-13-15-17-19-21-23-25-27-29-35(39)34(33-37-31-32-38)36(40)30-28-26-24-22-20-18-16-14-12-10-8-6-4-2;1-5(2,3)4/h34,37-38H,3-33H2,1-2H3;1H3,(H,2,3,4). The maximum absolute atomic E-state index is 12.9. The first-order valence-corrected chi connectivity index (χ1v) is 20.9. The molecule has 0 rings (SSSR count). The van der Waals surface area contributed by atoms with Crippen LogP contribution in [0.25, 0.3) is 0 Å². The van der Waals surface area contributed by atoms with E-state index in [2.05, 4.69) is 13.8 Å². The summed E-state index contributed by atoms with van der Waals surface area (Å²) in [6.07, 6.45) is 35.4. The summed E-state index contributed by atoms with van der Waals surface area (Å²) in [5.74, 6) is -0.199. The summed E-state index contributed by atoms with van der Waals surface area (Å²) in [5, 5.41) is 11.1. The lowest BCUT2D eigenvalue weighted by atomic mass is 9.91. The maximum Gasteiger partial charge on any atom is 0.149 e. The van der Waals surface area contributed by atoms with E-state index in [-0.39, 0.29) is 18.2 Å². The second-order valence-electron chi connectivity index (χ2n) is 13.2. The minimum atomic E-state index is -3.92. The largest absolute Gasteiger partial charge is 0.748 e. The van der Waals surface area contributed by atoms with E-state index >= 15 is 0 Å². The van der Waals surface area contributed by atoms with Crippen LogP contribution in [0.5, 0.6) is 0 Å². The van der Waals surface area contributed by atoms with E-state index in [4.69, 9.17) is 18.1 Å². The predicted molar refractivity (Wildman–Crippen MR) is 188 cm³/mol. The molecule has 0 atom stereocenters. The average Bonchev–Trinajstić information content (AvgIpc) is 2.99. The summed E-state index contributed by atoms with van der Waals surface area (Å²) < 4.78 is 27.2. The van der Waals surface area contributed by atoms with Gasteiger partial charge in [-0.15, -0.1) is 0 Å². The molecular weight excluding hydrogens is 586 g/mol. The summed E-state index contributed by atoms with van der Waals surface area (Å²) in [6, 6.07) is 0. The van der Waals surface area contributed by atoms with E-state index in [1.54, 1.807) is 0 Å². The Balaban J connectivity index is 0. The van der Waals surface area contributed by atoms with Crippen molar-refractivity contribution in [3.05, 3.63) is 0 Å².